The second-order valence-electron chi connectivity index (χ2n) is 7.26. The number of imidazole rings is 1. The lowest BCUT2D eigenvalue weighted by Gasteiger charge is -2.35. The average Bonchev–Trinajstić information content (AvgIpc) is 3.32. The third-order valence-corrected chi connectivity index (χ3v) is 5.59. The van der Waals surface area contributed by atoms with Gasteiger partial charge in [0.15, 0.2) is 5.72 Å². The Morgan fingerprint density at radius 1 is 1.03 bits per heavy atom. The van der Waals surface area contributed by atoms with E-state index in [1.807, 2.05) is 60.7 Å². The summed E-state index contributed by atoms with van der Waals surface area (Å²) in [4.78, 5) is 22.1. The van der Waals surface area contributed by atoms with Crippen molar-refractivity contribution in [3.05, 3.63) is 101 Å². The van der Waals surface area contributed by atoms with Crippen molar-refractivity contribution in [2.75, 3.05) is 0 Å². The number of aromatic nitrogens is 2. The summed E-state index contributed by atoms with van der Waals surface area (Å²) in [7, 11) is 0. The Balaban J connectivity index is 1.64. The molecule has 1 unspecified atom stereocenters. The van der Waals surface area contributed by atoms with E-state index in [1.54, 1.807) is 12.4 Å². The van der Waals surface area contributed by atoms with Crippen LogP contribution in [0.1, 0.15) is 32.6 Å². The molecule has 5 rings (SSSR count). The number of amides is 1. The van der Waals surface area contributed by atoms with Crippen molar-refractivity contribution in [1.29, 1.82) is 0 Å². The van der Waals surface area contributed by atoms with Crippen molar-refractivity contribution >= 4 is 16.9 Å². The average molecular weight is 384 g/mol. The number of fused-ring (bicyclic) bond motifs is 2. The van der Waals surface area contributed by atoms with Gasteiger partial charge in [0.05, 0.1) is 17.4 Å². The fourth-order valence-electron chi connectivity index (χ4n) is 4.02. The molecule has 4 aromatic rings. The number of hydrogen-bond acceptors (Lipinski definition) is 4. The Morgan fingerprint density at radius 3 is 2.59 bits per heavy atom. The summed E-state index contributed by atoms with van der Waals surface area (Å²) in [6.45, 7) is 0.735. The summed E-state index contributed by atoms with van der Waals surface area (Å²) < 4.78 is 0. The predicted molar refractivity (Wildman–Crippen MR) is 110 cm³/mol. The lowest BCUT2D eigenvalue weighted by molar-refractivity contribution is -0.0542. The van der Waals surface area contributed by atoms with Crippen LogP contribution in [0.2, 0.25) is 0 Å². The van der Waals surface area contributed by atoms with Crippen molar-refractivity contribution in [3.63, 3.8) is 0 Å². The molecule has 1 amide bonds. The van der Waals surface area contributed by atoms with E-state index >= 15 is 0 Å². The number of H-pyrrole nitrogens is 1. The van der Waals surface area contributed by atoms with Crippen LogP contribution in [-0.4, -0.2) is 25.9 Å². The summed E-state index contributed by atoms with van der Waals surface area (Å²) in [5.41, 5.74) is 9.38. The Bertz CT molecular complexity index is 1220. The lowest BCUT2D eigenvalue weighted by atomic mass is 9.93. The topological polar surface area (TPSA) is 95.2 Å². The maximum atomic E-state index is 13.3. The Hall–Kier alpha value is -3.48. The Labute approximate surface area is 167 Å². The number of carbonyl (C=O) groups excluding carboxylic acids is 1. The molecule has 6 heteroatoms. The van der Waals surface area contributed by atoms with Gasteiger partial charge in [0.1, 0.15) is 0 Å². The van der Waals surface area contributed by atoms with E-state index in [9.17, 15) is 9.90 Å². The highest BCUT2D eigenvalue weighted by atomic mass is 16.3. The zero-order valence-electron chi connectivity index (χ0n) is 15.7. The van der Waals surface area contributed by atoms with E-state index in [0.717, 1.165) is 22.2 Å². The van der Waals surface area contributed by atoms with Crippen molar-refractivity contribution < 1.29 is 9.90 Å². The SMILES string of the molecule is NCc1ccc(CN2C(=O)c3ccccc3C2(O)c2ccc3nc[nH]c3c2)cc1. The molecule has 0 fully saturated rings. The molecule has 1 atom stereocenters. The minimum Gasteiger partial charge on any atom is -0.363 e. The first-order valence-electron chi connectivity index (χ1n) is 9.46. The number of carbonyl (C=O) groups is 1. The second kappa shape index (κ2) is 6.55. The van der Waals surface area contributed by atoms with E-state index in [1.165, 1.54) is 4.90 Å². The summed E-state index contributed by atoms with van der Waals surface area (Å²) >= 11 is 0. The molecule has 0 saturated heterocycles. The van der Waals surface area contributed by atoms with Gasteiger partial charge in [0.2, 0.25) is 0 Å². The number of hydrogen-bond donors (Lipinski definition) is 3. The number of benzene rings is 3. The predicted octanol–water partition coefficient (Wildman–Crippen LogP) is 2.87. The summed E-state index contributed by atoms with van der Waals surface area (Å²) in [6.07, 6.45) is 1.61. The highest BCUT2D eigenvalue weighted by Crippen LogP contribution is 2.43. The van der Waals surface area contributed by atoms with Crippen LogP contribution in [0.5, 0.6) is 0 Å². The smallest absolute Gasteiger partial charge is 0.257 e. The molecule has 0 bridgehead atoms. The molecule has 6 nitrogen and oxygen atoms in total. The molecule has 0 aliphatic carbocycles. The zero-order chi connectivity index (χ0) is 20.0. The molecule has 4 N–H and O–H groups in total. The minimum atomic E-state index is -1.57. The van der Waals surface area contributed by atoms with Crippen molar-refractivity contribution in [1.82, 2.24) is 14.9 Å². The van der Waals surface area contributed by atoms with Gasteiger partial charge in [0.25, 0.3) is 5.91 Å². The van der Waals surface area contributed by atoms with E-state index in [2.05, 4.69) is 9.97 Å². The molecule has 144 valence electrons. The number of rotatable bonds is 4. The lowest BCUT2D eigenvalue weighted by Crippen LogP contribution is -2.44. The number of nitrogens with one attached hydrogen (secondary N) is 1. The Kier molecular flexibility index (Phi) is 3.97. The second-order valence-corrected chi connectivity index (χ2v) is 7.26. The fraction of sp³-hybridized carbons (Fsp3) is 0.130. The van der Waals surface area contributed by atoms with E-state index in [-0.39, 0.29) is 12.5 Å². The molecule has 1 aliphatic rings. The van der Waals surface area contributed by atoms with Crippen molar-refractivity contribution in [3.8, 4) is 0 Å². The number of aromatic amines is 1. The zero-order valence-corrected chi connectivity index (χ0v) is 15.7. The first-order valence-corrected chi connectivity index (χ1v) is 9.46. The van der Waals surface area contributed by atoms with Crippen LogP contribution in [-0.2, 0) is 18.8 Å². The van der Waals surface area contributed by atoms with Gasteiger partial charge in [-0.25, -0.2) is 4.98 Å². The van der Waals surface area contributed by atoms with Gasteiger partial charge in [-0.05, 0) is 29.3 Å². The standard InChI is InChI=1S/C23H20N4O2/c24-12-15-5-7-16(8-6-15)13-27-22(28)18-3-1-2-4-19(18)23(27,29)17-9-10-20-21(11-17)26-14-25-20/h1-11,14,29H,12-13,24H2,(H,25,26). The number of nitrogens with two attached hydrogens (primary N) is 1. The van der Waals surface area contributed by atoms with Crippen LogP contribution >= 0.6 is 0 Å². The molecular weight excluding hydrogens is 364 g/mol. The Morgan fingerprint density at radius 2 is 1.79 bits per heavy atom. The van der Waals surface area contributed by atoms with Crippen LogP contribution in [0.15, 0.2) is 73.1 Å². The molecule has 0 saturated carbocycles. The normalized spacial score (nSPS) is 18.4. The molecule has 1 aromatic heterocycles. The highest BCUT2D eigenvalue weighted by Gasteiger charge is 2.49. The van der Waals surface area contributed by atoms with Gasteiger partial charge in [-0.2, -0.15) is 0 Å². The summed E-state index contributed by atoms with van der Waals surface area (Å²) in [5.74, 6) is -0.198. The van der Waals surface area contributed by atoms with Gasteiger partial charge < -0.3 is 15.8 Å². The van der Waals surface area contributed by atoms with E-state index < -0.39 is 5.72 Å². The quantitative estimate of drug-likeness (QED) is 0.504. The van der Waals surface area contributed by atoms with Gasteiger partial charge in [-0.15, -0.1) is 0 Å². The molecule has 3 aromatic carbocycles. The third kappa shape index (κ3) is 2.65. The van der Waals surface area contributed by atoms with Gasteiger partial charge in [-0.3, -0.25) is 9.69 Å². The maximum Gasteiger partial charge on any atom is 0.257 e. The van der Waals surface area contributed by atoms with Crippen molar-refractivity contribution in [2.24, 2.45) is 5.73 Å². The monoisotopic (exact) mass is 384 g/mol. The maximum absolute atomic E-state index is 13.3. The van der Waals surface area contributed by atoms with Crippen LogP contribution in [0.25, 0.3) is 11.0 Å². The minimum absolute atomic E-state index is 0.198. The number of nitrogens with zero attached hydrogens (tertiary/aromatic N) is 2. The summed E-state index contributed by atoms with van der Waals surface area (Å²) in [5, 5.41) is 12.0. The van der Waals surface area contributed by atoms with Crippen LogP contribution < -0.4 is 5.73 Å². The van der Waals surface area contributed by atoms with Gasteiger partial charge in [-0.1, -0.05) is 48.5 Å². The molecule has 0 radical (unpaired) electrons. The van der Waals surface area contributed by atoms with Crippen LogP contribution in [0.3, 0.4) is 0 Å². The van der Waals surface area contributed by atoms with Crippen LogP contribution in [0, 0.1) is 0 Å². The van der Waals surface area contributed by atoms with Gasteiger partial charge in [0, 0.05) is 29.8 Å². The molecule has 0 spiro atoms. The fourth-order valence-corrected chi connectivity index (χ4v) is 4.02. The van der Waals surface area contributed by atoms with Crippen molar-refractivity contribution in [2.45, 2.75) is 18.8 Å². The van der Waals surface area contributed by atoms with E-state index in [0.29, 0.717) is 23.2 Å². The first-order chi connectivity index (χ1) is 14.1. The largest absolute Gasteiger partial charge is 0.363 e. The third-order valence-electron chi connectivity index (χ3n) is 5.59. The highest BCUT2D eigenvalue weighted by molar-refractivity contribution is 6.00. The number of aliphatic hydroxyl groups is 1. The molecular formula is C23H20N4O2. The summed E-state index contributed by atoms with van der Waals surface area (Å²) in [6, 6.07) is 20.5. The first kappa shape index (κ1) is 17.6. The molecule has 1 aliphatic heterocycles. The molecule has 2 heterocycles. The van der Waals surface area contributed by atoms with Crippen LogP contribution in [0.4, 0.5) is 0 Å². The van der Waals surface area contributed by atoms with E-state index in [4.69, 9.17) is 5.73 Å². The molecule has 29 heavy (non-hydrogen) atoms. The van der Waals surface area contributed by atoms with Gasteiger partial charge >= 0.3 is 0 Å².